The van der Waals surface area contributed by atoms with Gasteiger partial charge in [-0.2, -0.15) is 0 Å². The molecule has 0 N–H and O–H groups in total. The molecule has 0 bridgehead atoms. The number of hydrogen-bond donors (Lipinski definition) is 0. The van der Waals surface area contributed by atoms with Crippen LogP contribution >= 0.6 is 10.7 Å². The van der Waals surface area contributed by atoms with Crippen LogP contribution in [0.4, 0.5) is 5.69 Å². The molecule has 0 fully saturated rings. The summed E-state index contributed by atoms with van der Waals surface area (Å²) in [4.78, 5) is 2.18. The summed E-state index contributed by atoms with van der Waals surface area (Å²) in [6, 6.07) is 5.26. The van der Waals surface area contributed by atoms with Crippen molar-refractivity contribution in [1.82, 2.24) is 0 Å². The SMILES string of the molecule is CN1CCCc2cccc(S(=O)(=O)Cl)c21. The fraction of sp³-hybridized carbons (Fsp3) is 0.400. The van der Waals surface area contributed by atoms with Crippen LogP contribution < -0.4 is 4.90 Å². The highest BCUT2D eigenvalue weighted by molar-refractivity contribution is 8.13. The Bertz CT molecular complexity index is 484. The number of halogens is 1. The molecule has 0 aromatic heterocycles. The molecule has 0 spiro atoms. The zero-order chi connectivity index (χ0) is 11.1. The number of para-hydroxylation sites is 1. The fourth-order valence-corrected chi connectivity index (χ4v) is 3.15. The van der Waals surface area contributed by atoms with E-state index >= 15 is 0 Å². The first-order valence-corrected chi connectivity index (χ1v) is 7.09. The fourth-order valence-electron chi connectivity index (χ4n) is 2.02. The molecule has 0 amide bonds. The third-order valence-electron chi connectivity index (χ3n) is 2.67. The van der Waals surface area contributed by atoms with Crippen molar-refractivity contribution in [2.75, 3.05) is 18.5 Å². The molecule has 0 unspecified atom stereocenters. The Morgan fingerprint density at radius 2 is 2.13 bits per heavy atom. The maximum atomic E-state index is 11.4. The van der Waals surface area contributed by atoms with Crippen molar-refractivity contribution in [3.05, 3.63) is 23.8 Å². The molecule has 0 aliphatic carbocycles. The molecular formula is C10H12ClNO2S. The minimum atomic E-state index is -3.65. The number of fused-ring (bicyclic) bond motifs is 1. The minimum absolute atomic E-state index is 0.226. The first-order valence-electron chi connectivity index (χ1n) is 4.78. The van der Waals surface area contributed by atoms with Crippen molar-refractivity contribution >= 4 is 25.4 Å². The molecule has 1 heterocycles. The Balaban J connectivity index is 2.67. The van der Waals surface area contributed by atoms with E-state index in [-0.39, 0.29) is 4.90 Å². The third kappa shape index (κ3) is 1.96. The number of benzene rings is 1. The van der Waals surface area contributed by atoms with Gasteiger partial charge in [-0.25, -0.2) is 8.42 Å². The molecular weight excluding hydrogens is 234 g/mol. The predicted octanol–water partition coefficient (Wildman–Crippen LogP) is 2.00. The molecule has 1 aliphatic rings. The molecule has 15 heavy (non-hydrogen) atoms. The standard InChI is InChI=1S/C10H12ClNO2S/c1-12-7-3-5-8-4-2-6-9(10(8)12)15(11,13)14/h2,4,6H,3,5,7H2,1H3. The van der Waals surface area contributed by atoms with E-state index in [0.717, 1.165) is 30.6 Å². The average molecular weight is 246 g/mol. The number of nitrogens with zero attached hydrogens (tertiary/aromatic N) is 1. The summed E-state index contributed by atoms with van der Waals surface area (Å²) in [7, 11) is 3.65. The van der Waals surface area contributed by atoms with Crippen LogP contribution in [0, 0.1) is 0 Å². The summed E-state index contributed by atoms with van der Waals surface area (Å²) < 4.78 is 22.8. The third-order valence-corrected chi connectivity index (χ3v) is 4.02. The van der Waals surface area contributed by atoms with E-state index in [4.69, 9.17) is 10.7 Å². The monoisotopic (exact) mass is 245 g/mol. The predicted molar refractivity (Wildman–Crippen MR) is 61.1 cm³/mol. The molecule has 1 aromatic rings. The minimum Gasteiger partial charge on any atom is -0.373 e. The zero-order valence-corrected chi connectivity index (χ0v) is 9.98. The van der Waals surface area contributed by atoms with Gasteiger partial charge in [-0.15, -0.1) is 0 Å². The average Bonchev–Trinajstić information content (AvgIpc) is 2.16. The maximum Gasteiger partial charge on any atom is 0.263 e. The molecule has 82 valence electrons. The lowest BCUT2D eigenvalue weighted by atomic mass is 10.0. The Kier molecular flexibility index (Phi) is 2.64. The van der Waals surface area contributed by atoms with E-state index in [9.17, 15) is 8.42 Å². The van der Waals surface area contributed by atoms with Gasteiger partial charge >= 0.3 is 0 Å². The Morgan fingerprint density at radius 1 is 1.40 bits per heavy atom. The smallest absolute Gasteiger partial charge is 0.263 e. The number of hydrogen-bond acceptors (Lipinski definition) is 3. The van der Waals surface area contributed by atoms with Gasteiger partial charge in [0.15, 0.2) is 0 Å². The summed E-state index contributed by atoms with van der Waals surface area (Å²) >= 11 is 0. The van der Waals surface area contributed by atoms with Crippen LogP contribution in [0.1, 0.15) is 12.0 Å². The second-order valence-electron chi connectivity index (χ2n) is 3.73. The molecule has 0 radical (unpaired) electrons. The highest BCUT2D eigenvalue weighted by atomic mass is 35.7. The van der Waals surface area contributed by atoms with Crippen molar-refractivity contribution < 1.29 is 8.42 Å². The Labute approximate surface area is 94.1 Å². The molecule has 0 saturated carbocycles. The number of aryl methyl sites for hydroxylation is 1. The second kappa shape index (κ2) is 3.68. The molecule has 3 nitrogen and oxygen atoms in total. The van der Waals surface area contributed by atoms with E-state index in [0.29, 0.717) is 0 Å². The van der Waals surface area contributed by atoms with Crippen molar-refractivity contribution in [1.29, 1.82) is 0 Å². The lowest BCUT2D eigenvalue weighted by Gasteiger charge is -2.28. The van der Waals surface area contributed by atoms with Gasteiger partial charge in [0.2, 0.25) is 0 Å². The zero-order valence-electron chi connectivity index (χ0n) is 8.40. The van der Waals surface area contributed by atoms with Gasteiger partial charge in [0, 0.05) is 24.3 Å². The van der Waals surface area contributed by atoms with Crippen molar-refractivity contribution in [3.63, 3.8) is 0 Å². The van der Waals surface area contributed by atoms with Crippen LogP contribution in [-0.4, -0.2) is 22.0 Å². The molecule has 5 heteroatoms. The van der Waals surface area contributed by atoms with Crippen molar-refractivity contribution in [3.8, 4) is 0 Å². The summed E-state index contributed by atoms with van der Waals surface area (Å²) in [5.74, 6) is 0. The van der Waals surface area contributed by atoms with E-state index in [1.165, 1.54) is 0 Å². The van der Waals surface area contributed by atoms with Crippen LogP contribution in [0.2, 0.25) is 0 Å². The van der Waals surface area contributed by atoms with Crippen molar-refractivity contribution in [2.45, 2.75) is 17.7 Å². The normalized spacial score (nSPS) is 16.3. The van der Waals surface area contributed by atoms with Crippen LogP contribution in [0.5, 0.6) is 0 Å². The summed E-state index contributed by atoms with van der Waals surface area (Å²) in [5, 5.41) is 0. The Morgan fingerprint density at radius 3 is 2.80 bits per heavy atom. The molecule has 1 aliphatic heterocycles. The van der Waals surface area contributed by atoms with Crippen molar-refractivity contribution in [2.24, 2.45) is 0 Å². The highest BCUT2D eigenvalue weighted by Gasteiger charge is 2.23. The molecule has 2 rings (SSSR count). The summed E-state index contributed by atoms with van der Waals surface area (Å²) in [6.45, 7) is 0.871. The van der Waals surface area contributed by atoms with Crippen LogP contribution in [0.15, 0.2) is 23.1 Å². The molecule has 0 saturated heterocycles. The largest absolute Gasteiger partial charge is 0.373 e. The van der Waals surface area contributed by atoms with E-state index in [1.807, 2.05) is 18.0 Å². The number of rotatable bonds is 1. The lowest BCUT2D eigenvalue weighted by molar-refractivity contribution is 0.608. The second-order valence-corrected chi connectivity index (χ2v) is 6.26. The van der Waals surface area contributed by atoms with E-state index < -0.39 is 9.05 Å². The van der Waals surface area contributed by atoms with E-state index in [2.05, 4.69) is 0 Å². The lowest BCUT2D eigenvalue weighted by Crippen LogP contribution is -2.26. The summed E-state index contributed by atoms with van der Waals surface area (Å²) in [6.07, 6.45) is 1.97. The van der Waals surface area contributed by atoms with Crippen LogP contribution in [0.25, 0.3) is 0 Å². The van der Waals surface area contributed by atoms with Gasteiger partial charge in [0.1, 0.15) is 4.90 Å². The molecule has 0 atom stereocenters. The maximum absolute atomic E-state index is 11.4. The topological polar surface area (TPSA) is 37.4 Å². The van der Waals surface area contributed by atoms with Gasteiger partial charge < -0.3 is 4.90 Å². The van der Waals surface area contributed by atoms with Gasteiger partial charge in [-0.3, -0.25) is 0 Å². The number of anilines is 1. The molecule has 1 aromatic carbocycles. The highest BCUT2D eigenvalue weighted by Crippen LogP contribution is 2.34. The van der Waals surface area contributed by atoms with Crippen LogP contribution in [0.3, 0.4) is 0 Å². The van der Waals surface area contributed by atoms with Gasteiger partial charge in [0.05, 0.1) is 5.69 Å². The summed E-state index contributed by atoms with van der Waals surface area (Å²) in [5.41, 5.74) is 1.82. The first kappa shape index (κ1) is 10.8. The van der Waals surface area contributed by atoms with Crippen LogP contribution in [-0.2, 0) is 15.5 Å². The van der Waals surface area contributed by atoms with Gasteiger partial charge in [0.25, 0.3) is 9.05 Å². The van der Waals surface area contributed by atoms with Gasteiger partial charge in [-0.1, -0.05) is 12.1 Å². The first-order chi connectivity index (χ1) is 7.00. The Hall–Kier alpha value is -0.740. The van der Waals surface area contributed by atoms with Gasteiger partial charge in [-0.05, 0) is 24.5 Å². The quantitative estimate of drug-likeness (QED) is 0.711. The van der Waals surface area contributed by atoms with E-state index in [1.54, 1.807) is 12.1 Å².